The Morgan fingerprint density at radius 2 is 2.00 bits per heavy atom. The molecule has 2 heterocycles. The average molecular weight is 525 g/mol. The van der Waals surface area contributed by atoms with E-state index in [-0.39, 0.29) is 22.9 Å². The lowest BCUT2D eigenvalue weighted by atomic mass is 9.90. The van der Waals surface area contributed by atoms with Gasteiger partial charge in [0.2, 0.25) is 0 Å². The van der Waals surface area contributed by atoms with Crippen molar-refractivity contribution in [3.05, 3.63) is 102 Å². The first-order valence-electron chi connectivity index (χ1n) is 11.6. The molecular formula is C27H26F2N4O3S. The van der Waals surface area contributed by atoms with Gasteiger partial charge in [-0.1, -0.05) is 49.4 Å². The molecule has 10 heteroatoms. The molecule has 2 aromatic carbocycles. The fraction of sp³-hybridized carbons (Fsp3) is 0.296. The van der Waals surface area contributed by atoms with Crippen LogP contribution in [-0.2, 0) is 21.6 Å². The molecule has 1 saturated heterocycles. The summed E-state index contributed by atoms with van der Waals surface area (Å²) in [6, 6.07) is 12.4. The molecule has 1 aromatic heterocycles. The van der Waals surface area contributed by atoms with Crippen molar-refractivity contribution in [2.75, 3.05) is 13.2 Å². The third kappa shape index (κ3) is 6.70. The Kier molecular flexibility index (Phi) is 8.84. The largest absolute Gasteiger partial charge is 0.382 e. The van der Waals surface area contributed by atoms with Crippen molar-refractivity contribution in [3.8, 4) is 6.07 Å². The van der Waals surface area contributed by atoms with Crippen LogP contribution in [0.15, 0.2) is 73.3 Å². The number of ether oxygens (including phenoxy) is 2. The van der Waals surface area contributed by atoms with E-state index in [0.717, 1.165) is 0 Å². The number of aliphatic hydroxyl groups is 1. The van der Waals surface area contributed by atoms with Gasteiger partial charge < -0.3 is 14.6 Å². The molecule has 0 saturated carbocycles. The van der Waals surface area contributed by atoms with Gasteiger partial charge in [0.05, 0.1) is 36.6 Å². The van der Waals surface area contributed by atoms with Gasteiger partial charge >= 0.3 is 0 Å². The van der Waals surface area contributed by atoms with Crippen LogP contribution in [0.3, 0.4) is 0 Å². The number of aromatic nitrogens is 3. The lowest BCUT2D eigenvalue weighted by Gasteiger charge is -2.37. The van der Waals surface area contributed by atoms with Crippen molar-refractivity contribution < 1.29 is 23.4 Å². The Hall–Kier alpha value is -3.36. The quantitative estimate of drug-likeness (QED) is 0.414. The first-order valence-corrected chi connectivity index (χ1v) is 12.6. The van der Waals surface area contributed by atoms with Gasteiger partial charge in [0.1, 0.15) is 29.9 Å². The van der Waals surface area contributed by atoms with Crippen molar-refractivity contribution in [1.82, 2.24) is 14.8 Å². The van der Waals surface area contributed by atoms with E-state index in [9.17, 15) is 13.9 Å². The van der Waals surface area contributed by atoms with Crippen LogP contribution in [0.5, 0.6) is 0 Å². The first kappa shape index (κ1) is 26.7. The van der Waals surface area contributed by atoms with Gasteiger partial charge in [-0.2, -0.15) is 10.4 Å². The normalized spacial score (nSPS) is 20.6. The van der Waals surface area contributed by atoms with Crippen molar-refractivity contribution in [3.63, 3.8) is 0 Å². The van der Waals surface area contributed by atoms with E-state index in [1.165, 1.54) is 41.2 Å². The van der Waals surface area contributed by atoms with E-state index in [2.05, 4.69) is 10.1 Å². The highest BCUT2D eigenvalue weighted by Gasteiger charge is 2.41. The molecule has 0 spiro atoms. The van der Waals surface area contributed by atoms with Crippen LogP contribution < -0.4 is 0 Å². The molecule has 0 unspecified atom stereocenters. The van der Waals surface area contributed by atoms with Crippen molar-refractivity contribution in [2.45, 2.75) is 35.9 Å². The Balaban J connectivity index is 1.34. The molecular weight excluding hydrogens is 498 g/mol. The first-order chi connectivity index (χ1) is 17.9. The lowest BCUT2D eigenvalue weighted by Crippen LogP contribution is -2.43. The molecule has 1 N–H and O–H groups in total. The third-order valence-corrected chi connectivity index (χ3v) is 7.41. The molecule has 1 fully saturated rings. The molecule has 1 aliphatic rings. The van der Waals surface area contributed by atoms with Gasteiger partial charge in [0.15, 0.2) is 6.29 Å². The summed E-state index contributed by atoms with van der Waals surface area (Å²) in [6.07, 6.45) is 8.95. The highest BCUT2D eigenvalue weighted by Crippen LogP contribution is 2.38. The van der Waals surface area contributed by atoms with Gasteiger partial charge in [0, 0.05) is 16.4 Å². The molecule has 192 valence electrons. The van der Waals surface area contributed by atoms with Crippen LogP contribution in [0.25, 0.3) is 6.08 Å². The molecule has 1 aliphatic heterocycles. The van der Waals surface area contributed by atoms with E-state index in [0.29, 0.717) is 18.8 Å². The second kappa shape index (κ2) is 12.3. The second-order valence-electron chi connectivity index (χ2n) is 8.52. The average Bonchev–Trinajstić information content (AvgIpc) is 3.41. The van der Waals surface area contributed by atoms with E-state index in [1.807, 2.05) is 13.0 Å². The van der Waals surface area contributed by atoms with Crippen LogP contribution in [-0.4, -0.2) is 49.9 Å². The minimum absolute atomic E-state index is 0.0358. The number of nitrogens with zero attached hydrogens (tertiary/aromatic N) is 4. The van der Waals surface area contributed by atoms with Gasteiger partial charge in [-0.15, -0.1) is 11.8 Å². The predicted molar refractivity (Wildman–Crippen MR) is 136 cm³/mol. The Bertz CT molecular complexity index is 1290. The summed E-state index contributed by atoms with van der Waals surface area (Å²) in [5, 5.41) is 24.1. The Morgan fingerprint density at radius 1 is 1.22 bits per heavy atom. The van der Waals surface area contributed by atoms with Crippen molar-refractivity contribution in [2.24, 2.45) is 0 Å². The van der Waals surface area contributed by atoms with E-state index in [4.69, 9.17) is 14.7 Å². The number of rotatable bonds is 9. The number of hydrogen-bond donors (Lipinski definition) is 1. The van der Waals surface area contributed by atoms with Crippen molar-refractivity contribution >= 4 is 17.8 Å². The summed E-state index contributed by atoms with van der Waals surface area (Å²) in [5.74, 6) is -0.963. The molecule has 0 aliphatic carbocycles. The molecule has 0 radical (unpaired) electrons. The summed E-state index contributed by atoms with van der Waals surface area (Å²) >= 11 is 1.45. The maximum absolute atomic E-state index is 14.7. The number of halogens is 2. The SMILES string of the molecule is C[C@@H](SC1COC(C=CC=Cc2ccc(C#N)cc2F)OC1)[C@](O)(Cn1cncn1)c1ccccc1F. The number of allylic oxidation sites excluding steroid dienone is 2. The monoisotopic (exact) mass is 524 g/mol. The van der Waals surface area contributed by atoms with Crippen LogP contribution in [0, 0.1) is 23.0 Å². The maximum Gasteiger partial charge on any atom is 0.177 e. The molecule has 7 nitrogen and oxygen atoms in total. The highest BCUT2D eigenvalue weighted by atomic mass is 32.2. The lowest BCUT2D eigenvalue weighted by molar-refractivity contribution is -0.146. The van der Waals surface area contributed by atoms with Gasteiger partial charge in [-0.25, -0.2) is 18.4 Å². The summed E-state index contributed by atoms with van der Waals surface area (Å²) in [5.41, 5.74) is -0.727. The smallest absolute Gasteiger partial charge is 0.177 e. The standard InChI is InChI=1S/C27H26F2N4O3S/c1-19(27(34,16-33-18-31-17-32-33)23-7-3-4-8-24(23)28)37-22-14-35-26(36-15-22)9-5-2-6-21-11-10-20(13-30)12-25(21)29/h2-12,17-19,22,26,34H,14-16H2,1H3/t19-,22?,26?,27-/m1/s1. The Morgan fingerprint density at radius 3 is 2.68 bits per heavy atom. The zero-order valence-corrected chi connectivity index (χ0v) is 20.9. The minimum atomic E-state index is -1.55. The van der Waals surface area contributed by atoms with Gasteiger partial charge in [-0.3, -0.25) is 0 Å². The predicted octanol–water partition coefficient (Wildman–Crippen LogP) is 4.45. The van der Waals surface area contributed by atoms with Crippen LogP contribution >= 0.6 is 11.8 Å². The number of hydrogen-bond acceptors (Lipinski definition) is 7. The van der Waals surface area contributed by atoms with Gasteiger partial charge in [-0.05, 0) is 24.3 Å². The minimum Gasteiger partial charge on any atom is -0.382 e. The molecule has 0 bridgehead atoms. The third-order valence-electron chi connectivity index (χ3n) is 5.96. The van der Waals surface area contributed by atoms with Crippen LogP contribution in [0.2, 0.25) is 0 Å². The van der Waals surface area contributed by atoms with Crippen molar-refractivity contribution in [1.29, 1.82) is 5.26 Å². The fourth-order valence-electron chi connectivity index (χ4n) is 3.94. The number of thioether (sulfide) groups is 1. The second-order valence-corrected chi connectivity index (χ2v) is 10.2. The zero-order valence-electron chi connectivity index (χ0n) is 20.1. The fourth-order valence-corrected chi connectivity index (χ4v) is 5.26. The van der Waals surface area contributed by atoms with E-state index < -0.39 is 28.8 Å². The summed E-state index contributed by atoms with van der Waals surface area (Å²) < 4.78 is 41.7. The zero-order chi connectivity index (χ0) is 26.3. The summed E-state index contributed by atoms with van der Waals surface area (Å²) in [4.78, 5) is 3.92. The molecule has 4 rings (SSSR count). The number of benzene rings is 2. The molecule has 2 atom stereocenters. The summed E-state index contributed by atoms with van der Waals surface area (Å²) in [7, 11) is 0. The number of nitriles is 1. The Labute approximate surface area is 218 Å². The topological polar surface area (TPSA) is 93.2 Å². The highest BCUT2D eigenvalue weighted by molar-refractivity contribution is 8.00. The van der Waals surface area contributed by atoms with E-state index in [1.54, 1.807) is 54.6 Å². The van der Waals surface area contributed by atoms with E-state index >= 15 is 0 Å². The molecule has 37 heavy (non-hydrogen) atoms. The molecule has 3 aromatic rings. The maximum atomic E-state index is 14.7. The molecule has 0 amide bonds. The summed E-state index contributed by atoms with van der Waals surface area (Å²) in [6.45, 7) is 2.62. The van der Waals surface area contributed by atoms with Crippen LogP contribution in [0.1, 0.15) is 23.6 Å². The van der Waals surface area contributed by atoms with Crippen LogP contribution in [0.4, 0.5) is 8.78 Å². The van der Waals surface area contributed by atoms with Gasteiger partial charge in [0.25, 0.3) is 0 Å².